The molecule has 2 heterocycles. The first kappa shape index (κ1) is 13.1. The smallest absolute Gasteiger partial charge is 0.189 e. The van der Waals surface area contributed by atoms with Crippen LogP contribution in [0.5, 0.6) is 5.75 Å². The summed E-state index contributed by atoms with van der Waals surface area (Å²) in [5, 5.41) is 10.1. The number of para-hydroxylation sites is 1. The predicted octanol–water partition coefficient (Wildman–Crippen LogP) is 3.18. The Bertz CT molecular complexity index is 671. The molecule has 0 amide bonds. The Morgan fingerprint density at radius 1 is 1.43 bits per heavy atom. The van der Waals surface area contributed by atoms with Crippen LogP contribution in [0.4, 0.5) is 5.69 Å². The highest BCUT2D eigenvalue weighted by atomic mass is 16.5. The van der Waals surface area contributed by atoms with Crippen LogP contribution >= 0.6 is 0 Å². The largest absolute Gasteiger partial charge is 0.465 e. The molecule has 0 aliphatic carbocycles. The number of azide groups is 1. The van der Waals surface area contributed by atoms with Crippen LogP contribution in [0.15, 0.2) is 53.3 Å². The fourth-order valence-corrected chi connectivity index (χ4v) is 2.28. The summed E-state index contributed by atoms with van der Waals surface area (Å²) in [5.41, 5.74) is 11.3. The van der Waals surface area contributed by atoms with Crippen molar-refractivity contribution in [3.63, 3.8) is 0 Å². The number of hydrogen-bond acceptors (Lipinski definition) is 4. The van der Waals surface area contributed by atoms with Crippen molar-refractivity contribution >= 4 is 11.8 Å². The highest BCUT2D eigenvalue weighted by Crippen LogP contribution is 2.32. The topological polar surface area (TPSA) is 82.1 Å². The fourth-order valence-electron chi connectivity index (χ4n) is 2.28. The lowest BCUT2D eigenvalue weighted by atomic mass is 10.1. The van der Waals surface area contributed by atoms with Crippen molar-refractivity contribution in [2.75, 3.05) is 18.4 Å². The zero-order chi connectivity index (χ0) is 14.5. The molecule has 0 aromatic heterocycles. The predicted molar refractivity (Wildman–Crippen MR) is 82.8 cm³/mol. The Balaban J connectivity index is 1.73. The maximum atomic E-state index is 8.37. The fraction of sp³-hybridized carbons (Fsp3) is 0.200. The number of nitrogens with zero attached hydrogens (tertiary/aromatic N) is 3. The van der Waals surface area contributed by atoms with E-state index in [2.05, 4.69) is 32.8 Å². The van der Waals surface area contributed by atoms with Crippen LogP contribution in [0, 0.1) is 0 Å². The molecule has 2 aliphatic rings. The minimum atomic E-state index is -0.280. The number of nitrogens with one attached hydrogen (secondary N) is 2. The maximum absolute atomic E-state index is 8.37. The Kier molecular flexibility index (Phi) is 3.80. The summed E-state index contributed by atoms with van der Waals surface area (Å²) >= 11 is 0. The van der Waals surface area contributed by atoms with Gasteiger partial charge in [0.05, 0.1) is 12.2 Å². The van der Waals surface area contributed by atoms with Crippen LogP contribution in [0.25, 0.3) is 16.5 Å². The molecule has 0 saturated carbocycles. The lowest BCUT2D eigenvalue weighted by Gasteiger charge is -2.25. The van der Waals surface area contributed by atoms with E-state index >= 15 is 0 Å². The van der Waals surface area contributed by atoms with Crippen molar-refractivity contribution in [2.45, 2.75) is 6.23 Å². The molecular formula is C15H15N5O. The number of hydrogen-bond donors (Lipinski definition) is 2. The van der Waals surface area contributed by atoms with Crippen molar-refractivity contribution in [1.82, 2.24) is 5.32 Å². The van der Waals surface area contributed by atoms with E-state index in [9.17, 15) is 0 Å². The zero-order valence-electron chi connectivity index (χ0n) is 11.4. The molecule has 1 atom stereocenters. The molecule has 0 bridgehead atoms. The summed E-state index contributed by atoms with van der Waals surface area (Å²) < 4.78 is 5.99. The second-order valence-corrected chi connectivity index (χ2v) is 4.65. The Hall–Kier alpha value is -2.85. The minimum absolute atomic E-state index is 0.280. The first-order valence-electron chi connectivity index (χ1n) is 6.71. The molecule has 0 saturated heterocycles. The van der Waals surface area contributed by atoms with Gasteiger partial charge in [-0.15, -0.1) is 0 Å². The van der Waals surface area contributed by atoms with Crippen LogP contribution in [0.3, 0.4) is 0 Å². The average Bonchev–Trinajstić information content (AvgIpc) is 2.54. The number of anilines is 1. The molecule has 3 rings (SSSR count). The second kappa shape index (κ2) is 6.07. The summed E-state index contributed by atoms with van der Waals surface area (Å²) in [4.78, 5) is 2.76. The number of dihydropyridines is 1. The molecule has 0 spiro atoms. The third-order valence-electron chi connectivity index (χ3n) is 3.22. The van der Waals surface area contributed by atoms with Crippen LogP contribution in [-0.2, 0) is 0 Å². The van der Waals surface area contributed by atoms with Crippen LogP contribution in [0.1, 0.15) is 5.56 Å². The van der Waals surface area contributed by atoms with Crippen LogP contribution < -0.4 is 15.4 Å². The minimum Gasteiger partial charge on any atom is -0.465 e. The van der Waals surface area contributed by atoms with E-state index in [0.717, 1.165) is 29.2 Å². The highest BCUT2D eigenvalue weighted by Gasteiger charge is 2.15. The van der Waals surface area contributed by atoms with Gasteiger partial charge in [0.15, 0.2) is 6.23 Å². The molecule has 1 unspecified atom stereocenters. The molecule has 2 aliphatic heterocycles. The summed E-state index contributed by atoms with van der Waals surface area (Å²) in [6.07, 6.45) is 9.55. The first-order valence-corrected chi connectivity index (χ1v) is 6.71. The van der Waals surface area contributed by atoms with E-state index in [1.807, 2.05) is 36.4 Å². The number of fused-ring (bicyclic) bond motifs is 1. The monoisotopic (exact) mass is 281 g/mol. The molecular weight excluding hydrogens is 266 g/mol. The highest BCUT2D eigenvalue weighted by molar-refractivity contribution is 5.75. The molecule has 106 valence electrons. The number of benzene rings is 1. The Morgan fingerprint density at radius 2 is 2.38 bits per heavy atom. The number of allylic oxidation sites excluding steroid dienone is 2. The van der Waals surface area contributed by atoms with E-state index in [0.29, 0.717) is 0 Å². The van der Waals surface area contributed by atoms with Gasteiger partial charge < -0.3 is 15.4 Å². The van der Waals surface area contributed by atoms with Crippen LogP contribution in [0.2, 0.25) is 0 Å². The Labute approximate surface area is 122 Å². The normalized spacial score (nSPS) is 18.7. The van der Waals surface area contributed by atoms with Gasteiger partial charge in [0, 0.05) is 22.7 Å². The number of ether oxygens (including phenoxy) is 1. The average molecular weight is 281 g/mol. The van der Waals surface area contributed by atoms with Gasteiger partial charge in [-0.2, -0.15) is 0 Å². The Morgan fingerprint density at radius 3 is 3.29 bits per heavy atom. The van der Waals surface area contributed by atoms with Crippen molar-refractivity contribution in [3.05, 3.63) is 64.2 Å². The summed E-state index contributed by atoms with van der Waals surface area (Å²) in [6.45, 7) is 1.08. The number of rotatable bonds is 4. The van der Waals surface area contributed by atoms with Gasteiger partial charge in [0.1, 0.15) is 5.75 Å². The van der Waals surface area contributed by atoms with E-state index in [1.165, 1.54) is 0 Å². The maximum Gasteiger partial charge on any atom is 0.189 e. The van der Waals surface area contributed by atoms with Gasteiger partial charge in [-0.3, -0.25) is 0 Å². The van der Waals surface area contributed by atoms with Gasteiger partial charge in [-0.25, -0.2) is 0 Å². The molecule has 21 heavy (non-hydrogen) atoms. The molecule has 2 N–H and O–H groups in total. The SMILES string of the molecule is [N-]=[N+]=NCC1=CC=CC(Oc2cccc3c2NCC=C3)N1. The van der Waals surface area contributed by atoms with Gasteiger partial charge in [-0.05, 0) is 23.7 Å². The van der Waals surface area contributed by atoms with E-state index < -0.39 is 0 Å². The lowest BCUT2D eigenvalue weighted by molar-refractivity contribution is 0.222. The summed E-state index contributed by atoms with van der Waals surface area (Å²) in [5.74, 6) is 0.795. The molecule has 0 radical (unpaired) electrons. The standard InChI is InChI=1S/C15H15N5O/c16-20-18-10-12-6-2-8-14(19-12)21-13-7-1-4-11-5-3-9-17-15(11)13/h1-8,14,17,19H,9-10H2. The molecule has 1 aromatic carbocycles. The first-order chi connectivity index (χ1) is 10.4. The third kappa shape index (κ3) is 3.01. The second-order valence-electron chi connectivity index (χ2n) is 4.65. The quantitative estimate of drug-likeness (QED) is 0.505. The molecule has 6 nitrogen and oxygen atoms in total. The summed E-state index contributed by atoms with van der Waals surface area (Å²) in [6, 6.07) is 5.95. The van der Waals surface area contributed by atoms with Crippen molar-refractivity contribution < 1.29 is 4.74 Å². The van der Waals surface area contributed by atoms with E-state index in [-0.39, 0.29) is 12.8 Å². The van der Waals surface area contributed by atoms with E-state index in [4.69, 9.17) is 10.3 Å². The van der Waals surface area contributed by atoms with Gasteiger partial charge in [-0.1, -0.05) is 35.5 Å². The van der Waals surface area contributed by atoms with Gasteiger partial charge >= 0.3 is 0 Å². The molecule has 0 fully saturated rings. The summed E-state index contributed by atoms with van der Waals surface area (Å²) in [7, 11) is 0. The van der Waals surface area contributed by atoms with Crippen LogP contribution in [-0.4, -0.2) is 19.3 Å². The lowest BCUT2D eigenvalue weighted by Crippen LogP contribution is -2.34. The molecule has 6 heteroatoms. The third-order valence-corrected chi connectivity index (χ3v) is 3.22. The molecule has 1 aromatic rings. The van der Waals surface area contributed by atoms with Gasteiger partial charge in [0.25, 0.3) is 0 Å². The van der Waals surface area contributed by atoms with E-state index in [1.54, 1.807) is 0 Å². The van der Waals surface area contributed by atoms with Crippen molar-refractivity contribution in [1.29, 1.82) is 0 Å². The zero-order valence-corrected chi connectivity index (χ0v) is 11.4. The van der Waals surface area contributed by atoms with Crippen molar-refractivity contribution in [2.24, 2.45) is 5.11 Å². The van der Waals surface area contributed by atoms with Gasteiger partial charge in [0.2, 0.25) is 0 Å². The van der Waals surface area contributed by atoms with Crippen molar-refractivity contribution in [3.8, 4) is 5.75 Å².